The number of likely N-dealkylation sites (tertiary alicyclic amines) is 1. The van der Waals surface area contributed by atoms with E-state index in [9.17, 15) is 14.4 Å². The summed E-state index contributed by atoms with van der Waals surface area (Å²) >= 11 is 0. The fraction of sp³-hybridized carbons (Fsp3) is 0.435. The van der Waals surface area contributed by atoms with Crippen LogP contribution < -0.4 is 9.80 Å². The maximum Gasteiger partial charge on any atom is 0.233 e. The molecule has 0 saturated carbocycles. The van der Waals surface area contributed by atoms with E-state index in [2.05, 4.69) is 0 Å². The summed E-state index contributed by atoms with van der Waals surface area (Å²) in [5, 5.41) is 0. The van der Waals surface area contributed by atoms with Crippen molar-refractivity contribution in [2.75, 3.05) is 36.5 Å². The van der Waals surface area contributed by atoms with Crippen LogP contribution in [-0.2, 0) is 14.4 Å². The number of rotatable bonds is 3. The fourth-order valence-corrected chi connectivity index (χ4v) is 4.77. The van der Waals surface area contributed by atoms with E-state index < -0.39 is 0 Å². The van der Waals surface area contributed by atoms with E-state index in [0.29, 0.717) is 31.0 Å². The Morgan fingerprint density at radius 3 is 2.23 bits per heavy atom. The predicted octanol–water partition coefficient (Wildman–Crippen LogP) is 2.14. The van der Waals surface area contributed by atoms with Crippen LogP contribution in [0, 0.1) is 11.8 Å². The zero-order valence-electron chi connectivity index (χ0n) is 17.5. The van der Waals surface area contributed by atoms with Crippen LogP contribution >= 0.6 is 0 Å². The van der Waals surface area contributed by atoms with Crippen molar-refractivity contribution in [1.29, 1.82) is 0 Å². The van der Waals surface area contributed by atoms with Gasteiger partial charge >= 0.3 is 0 Å². The lowest BCUT2D eigenvalue weighted by Crippen LogP contribution is -2.38. The molecule has 1 aliphatic carbocycles. The third-order valence-electron chi connectivity index (χ3n) is 6.48. The lowest BCUT2D eigenvalue weighted by atomic mass is 9.85. The molecule has 3 aliphatic rings. The number of allylic oxidation sites excluding steroid dienone is 2. The smallest absolute Gasteiger partial charge is 0.233 e. The van der Waals surface area contributed by atoms with Crippen LogP contribution in [0.3, 0.4) is 0 Å². The summed E-state index contributed by atoms with van der Waals surface area (Å²) < 4.78 is 0. The molecule has 1 fully saturated rings. The zero-order chi connectivity index (χ0) is 21.5. The highest BCUT2D eigenvalue weighted by molar-refractivity contribution is 6.06. The number of para-hydroxylation sites is 2. The monoisotopic (exact) mass is 419 g/mol. The Balaban J connectivity index is 1.37. The number of fused-ring (bicyclic) bond motifs is 3. The lowest BCUT2D eigenvalue weighted by molar-refractivity contribution is -0.140. The van der Waals surface area contributed by atoms with E-state index >= 15 is 0 Å². The molecule has 31 heavy (non-hydrogen) atoms. The maximum atomic E-state index is 13.2. The quantitative estimate of drug-likeness (QED) is 0.560. The molecule has 8 nitrogen and oxygen atoms in total. The standard InChI is InChI=1S/C23H25N5O3/c1-26-12-6-13-27(21-20(26)24-17-9-4-5-10-18(17)25-21)19(29)11-14-28-22(30)15-7-2-3-8-16(15)23(28)31/h2-5,9-10,15-16H,6-8,11-14H2,1H3. The van der Waals surface area contributed by atoms with E-state index in [0.717, 1.165) is 24.0 Å². The Morgan fingerprint density at radius 1 is 0.968 bits per heavy atom. The molecule has 3 heterocycles. The third-order valence-corrected chi connectivity index (χ3v) is 6.48. The Kier molecular flexibility index (Phi) is 4.92. The van der Waals surface area contributed by atoms with Gasteiger partial charge in [0, 0.05) is 33.1 Å². The normalized spacial score (nSPS) is 23.2. The van der Waals surface area contributed by atoms with E-state index in [1.165, 1.54) is 4.90 Å². The maximum absolute atomic E-state index is 13.2. The van der Waals surface area contributed by atoms with E-state index in [1.807, 2.05) is 48.4 Å². The van der Waals surface area contributed by atoms with Gasteiger partial charge in [0.25, 0.3) is 0 Å². The molecule has 0 radical (unpaired) electrons. The second-order valence-electron chi connectivity index (χ2n) is 8.41. The van der Waals surface area contributed by atoms with Crippen molar-refractivity contribution < 1.29 is 14.4 Å². The Bertz CT molecular complexity index is 1070. The number of amides is 3. The number of carbonyl (C=O) groups excluding carboxylic acids is 3. The Morgan fingerprint density at radius 2 is 1.58 bits per heavy atom. The van der Waals surface area contributed by atoms with Gasteiger partial charge < -0.3 is 4.90 Å². The van der Waals surface area contributed by atoms with Crippen LogP contribution in [0.1, 0.15) is 25.7 Å². The number of imide groups is 1. The SMILES string of the molecule is CN1CCCN(C(=O)CCN2C(=O)C3CC=CCC3C2=O)c2nc3ccccc3nc21. The third kappa shape index (κ3) is 3.36. The number of hydrogen-bond acceptors (Lipinski definition) is 6. The van der Waals surface area contributed by atoms with Crippen molar-refractivity contribution in [1.82, 2.24) is 14.9 Å². The average Bonchev–Trinajstić information content (AvgIpc) is 2.92. The summed E-state index contributed by atoms with van der Waals surface area (Å²) in [5.41, 5.74) is 1.52. The van der Waals surface area contributed by atoms with Crippen molar-refractivity contribution in [3.8, 4) is 0 Å². The van der Waals surface area contributed by atoms with E-state index in [4.69, 9.17) is 9.97 Å². The second kappa shape index (κ2) is 7.76. The van der Waals surface area contributed by atoms with E-state index in [1.54, 1.807) is 4.90 Å². The molecule has 0 N–H and O–H groups in total. The first kappa shape index (κ1) is 19.7. The highest BCUT2D eigenvalue weighted by Crippen LogP contribution is 2.35. The van der Waals surface area contributed by atoms with Crippen LogP contribution in [0.2, 0.25) is 0 Å². The molecule has 160 valence electrons. The minimum absolute atomic E-state index is 0.0853. The number of carbonyl (C=O) groups is 3. The topological polar surface area (TPSA) is 86.7 Å². The highest BCUT2D eigenvalue weighted by Gasteiger charge is 2.47. The molecule has 0 bridgehead atoms. The summed E-state index contributed by atoms with van der Waals surface area (Å²) in [6.07, 6.45) is 6.02. The summed E-state index contributed by atoms with van der Waals surface area (Å²) in [5.74, 6) is 0.253. The number of nitrogens with zero attached hydrogens (tertiary/aromatic N) is 5. The molecule has 5 rings (SSSR count). The molecule has 3 amide bonds. The number of hydrogen-bond donors (Lipinski definition) is 0. The first-order valence-corrected chi connectivity index (χ1v) is 10.8. The van der Waals surface area contributed by atoms with Crippen molar-refractivity contribution in [2.45, 2.75) is 25.7 Å². The summed E-state index contributed by atoms with van der Waals surface area (Å²) in [6, 6.07) is 7.61. The van der Waals surface area contributed by atoms with Crippen molar-refractivity contribution in [2.24, 2.45) is 11.8 Å². The van der Waals surface area contributed by atoms with Gasteiger partial charge in [-0.05, 0) is 31.4 Å². The number of anilines is 2. The van der Waals surface area contributed by atoms with Crippen LogP contribution in [0.4, 0.5) is 11.6 Å². The molecule has 0 spiro atoms. The summed E-state index contributed by atoms with van der Waals surface area (Å²) in [6.45, 7) is 1.41. The summed E-state index contributed by atoms with van der Waals surface area (Å²) in [4.78, 5) is 53.1. The first-order chi connectivity index (χ1) is 15.0. The number of benzene rings is 1. The molecular formula is C23H25N5O3. The Labute approximate surface area is 180 Å². The van der Waals surface area contributed by atoms with Crippen molar-refractivity contribution in [3.63, 3.8) is 0 Å². The zero-order valence-corrected chi connectivity index (χ0v) is 17.5. The first-order valence-electron chi connectivity index (χ1n) is 10.8. The fourth-order valence-electron chi connectivity index (χ4n) is 4.77. The number of aromatic nitrogens is 2. The van der Waals surface area contributed by atoms with Crippen molar-refractivity contribution in [3.05, 3.63) is 36.4 Å². The molecule has 8 heteroatoms. The molecule has 2 atom stereocenters. The molecule has 2 unspecified atom stereocenters. The van der Waals surface area contributed by atoms with Gasteiger partial charge in [-0.3, -0.25) is 24.2 Å². The van der Waals surface area contributed by atoms with Gasteiger partial charge in [-0.15, -0.1) is 0 Å². The second-order valence-corrected chi connectivity index (χ2v) is 8.41. The predicted molar refractivity (Wildman–Crippen MR) is 116 cm³/mol. The van der Waals surface area contributed by atoms with Gasteiger partial charge in [0.15, 0.2) is 11.6 Å². The molecule has 2 aliphatic heterocycles. The van der Waals surface area contributed by atoms with Crippen LogP contribution in [0.25, 0.3) is 11.0 Å². The Hall–Kier alpha value is -3.29. The van der Waals surface area contributed by atoms with E-state index in [-0.39, 0.29) is 42.5 Å². The highest BCUT2D eigenvalue weighted by atomic mass is 16.2. The molecule has 1 saturated heterocycles. The summed E-state index contributed by atoms with van der Waals surface area (Å²) in [7, 11) is 1.95. The molecular weight excluding hydrogens is 394 g/mol. The van der Waals surface area contributed by atoms with Crippen LogP contribution in [-0.4, -0.2) is 59.3 Å². The van der Waals surface area contributed by atoms with Crippen LogP contribution in [0.5, 0.6) is 0 Å². The molecule has 1 aromatic carbocycles. The van der Waals surface area contributed by atoms with Crippen LogP contribution in [0.15, 0.2) is 36.4 Å². The minimum Gasteiger partial charge on any atom is -0.357 e. The van der Waals surface area contributed by atoms with Gasteiger partial charge in [-0.25, -0.2) is 9.97 Å². The minimum atomic E-state index is -0.266. The van der Waals surface area contributed by atoms with Gasteiger partial charge in [-0.1, -0.05) is 24.3 Å². The van der Waals surface area contributed by atoms with Crippen molar-refractivity contribution >= 4 is 40.4 Å². The van der Waals surface area contributed by atoms with Gasteiger partial charge in [0.1, 0.15) is 0 Å². The molecule has 2 aromatic rings. The lowest BCUT2D eigenvalue weighted by Gasteiger charge is -2.23. The van der Waals surface area contributed by atoms with Gasteiger partial charge in [0.2, 0.25) is 17.7 Å². The molecule has 1 aromatic heterocycles. The largest absolute Gasteiger partial charge is 0.357 e. The van der Waals surface area contributed by atoms with Gasteiger partial charge in [-0.2, -0.15) is 0 Å². The van der Waals surface area contributed by atoms with Gasteiger partial charge in [0.05, 0.1) is 22.9 Å². The average molecular weight is 419 g/mol.